The Labute approximate surface area is 124 Å². The predicted molar refractivity (Wildman–Crippen MR) is 86.9 cm³/mol. The lowest BCUT2D eigenvalue weighted by molar-refractivity contribution is 0.317. The smallest absolute Gasteiger partial charge is 0.137 e. The van der Waals surface area contributed by atoms with Crippen LogP contribution in [0.1, 0.15) is 13.3 Å². The molecule has 0 bridgehead atoms. The highest BCUT2D eigenvalue weighted by atomic mass is 16.5. The first kappa shape index (κ1) is 13.5. The molecule has 0 aliphatic carbocycles. The number of aromatic nitrogens is 2. The van der Waals surface area contributed by atoms with Crippen LogP contribution in [0.25, 0.3) is 22.3 Å². The molecule has 0 saturated heterocycles. The standard InChI is InChI=1S/C17H19N3O/c1-3-7-21-15-6-4-5-12(9-15)16-10-13-8-14(18-2)11-19-17(13)20-16/h4-6,8-11,18H,3,7H2,1-2H3,(H,19,20). The summed E-state index contributed by atoms with van der Waals surface area (Å²) in [6, 6.07) is 12.3. The molecule has 1 aromatic carbocycles. The van der Waals surface area contributed by atoms with E-state index >= 15 is 0 Å². The molecule has 21 heavy (non-hydrogen) atoms. The molecule has 2 heterocycles. The third-order valence-electron chi connectivity index (χ3n) is 3.38. The molecule has 0 aliphatic rings. The molecule has 0 atom stereocenters. The molecule has 0 unspecified atom stereocenters. The Morgan fingerprint density at radius 3 is 2.95 bits per heavy atom. The van der Waals surface area contributed by atoms with Crippen LogP contribution in [-0.2, 0) is 0 Å². The minimum absolute atomic E-state index is 0.739. The highest BCUT2D eigenvalue weighted by molar-refractivity contribution is 5.85. The van der Waals surface area contributed by atoms with Crippen LogP contribution in [0.3, 0.4) is 0 Å². The van der Waals surface area contributed by atoms with E-state index in [-0.39, 0.29) is 0 Å². The Morgan fingerprint density at radius 1 is 1.24 bits per heavy atom. The molecule has 108 valence electrons. The van der Waals surface area contributed by atoms with Crippen LogP contribution in [0.4, 0.5) is 5.69 Å². The first-order valence-electron chi connectivity index (χ1n) is 7.20. The molecule has 0 fully saturated rings. The molecule has 0 aliphatic heterocycles. The van der Waals surface area contributed by atoms with Gasteiger partial charge in [-0.05, 0) is 30.7 Å². The van der Waals surface area contributed by atoms with E-state index < -0.39 is 0 Å². The molecule has 2 N–H and O–H groups in total. The quantitative estimate of drug-likeness (QED) is 0.741. The second-order valence-electron chi connectivity index (χ2n) is 4.97. The minimum atomic E-state index is 0.739. The van der Waals surface area contributed by atoms with Gasteiger partial charge in [-0.3, -0.25) is 0 Å². The summed E-state index contributed by atoms with van der Waals surface area (Å²) in [5.74, 6) is 0.900. The van der Waals surface area contributed by atoms with Crippen LogP contribution in [0, 0.1) is 0 Å². The van der Waals surface area contributed by atoms with Crippen LogP contribution in [0.2, 0.25) is 0 Å². The number of nitrogens with one attached hydrogen (secondary N) is 2. The molecule has 0 radical (unpaired) electrons. The lowest BCUT2D eigenvalue weighted by atomic mass is 10.1. The fourth-order valence-corrected chi connectivity index (χ4v) is 2.28. The summed E-state index contributed by atoms with van der Waals surface area (Å²) in [7, 11) is 1.89. The predicted octanol–water partition coefficient (Wildman–Crippen LogP) is 4.06. The minimum Gasteiger partial charge on any atom is -0.494 e. The number of benzene rings is 1. The van der Waals surface area contributed by atoms with Gasteiger partial charge in [-0.25, -0.2) is 4.98 Å². The third kappa shape index (κ3) is 2.84. The Balaban J connectivity index is 1.96. The van der Waals surface area contributed by atoms with Crippen molar-refractivity contribution in [3.05, 3.63) is 42.6 Å². The van der Waals surface area contributed by atoms with Gasteiger partial charge < -0.3 is 15.0 Å². The fraction of sp³-hybridized carbons (Fsp3) is 0.235. The van der Waals surface area contributed by atoms with Crippen molar-refractivity contribution in [1.82, 2.24) is 9.97 Å². The van der Waals surface area contributed by atoms with Crippen molar-refractivity contribution in [3.63, 3.8) is 0 Å². The van der Waals surface area contributed by atoms with Crippen LogP contribution < -0.4 is 10.1 Å². The zero-order chi connectivity index (χ0) is 14.7. The number of hydrogen-bond acceptors (Lipinski definition) is 3. The van der Waals surface area contributed by atoms with E-state index in [0.717, 1.165) is 46.8 Å². The highest BCUT2D eigenvalue weighted by Gasteiger charge is 2.06. The van der Waals surface area contributed by atoms with Gasteiger partial charge >= 0.3 is 0 Å². The molecule has 0 spiro atoms. The Kier molecular flexibility index (Phi) is 3.77. The van der Waals surface area contributed by atoms with Crippen molar-refractivity contribution >= 4 is 16.7 Å². The normalized spacial score (nSPS) is 10.8. The van der Waals surface area contributed by atoms with E-state index in [2.05, 4.69) is 46.5 Å². The number of H-pyrrole nitrogens is 1. The molecule has 0 saturated carbocycles. The number of ether oxygens (including phenoxy) is 1. The topological polar surface area (TPSA) is 49.9 Å². The number of anilines is 1. The third-order valence-corrected chi connectivity index (χ3v) is 3.38. The number of nitrogens with zero attached hydrogens (tertiary/aromatic N) is 1. The summed E-state index contributed by atoms with van der Waals surface area (Å²) in [5.41, 5.74) is 4.05. The molecule has 2 aromatic heterocycles. The van der Waals surface area contributed by atoms with Crippen molar-refractivity contribution in [2.45, 2.75) is 13.3 Å². The van der Waals surface area contributed by atoms with E-state index in [1.165, 1.54) is 0 Å². The Morgan fingerprint density at radius 2 is 2.14 bits per heavy atom. The maximum absolute atomic E-state index is 5.69. The highest BCUT2D eigenvalue weighted by Crippen LogP contribution is 2.27. The molecule has 3 aromatic rings. The second kappa shape index (κ2) is 5.87. The van der Waals surface area contributed by atoms with E-state index in [0.29, 0.717) is 0 Å². The number of hydrogen-bond donors (Lipinski definition) is 2. The molecular weight excluding hydrogens is 262 g/mol. The average molecular weight is 281 g/mol. The van der Waals surface area contributed by atoms with E-state index in [4.69, 9.17) is 4.74 Å². The number of aromatic amines is 1. The first-order chi connectivity index (χ1) is 10.3. The van der Waals surface area contributed by atoms with Crippen molar-refractivity contribution in [1.29, 1.82) is 0 Å². The van der Waals surface area contributed by atoms with Gasteiger partial charge in [0.1, 0.15) is 11.4 Å². The maximum Gasteiger partial charge on any atom is 0.137 e. The van der Waals surface area contributed by atoms with Gasteiger partial charge in [0.2, 0.25) is 0 Å². The van der Waals surface area contributed by atoms with Crippen LogP contribution in [-0.4, -0.2) is 23.6 Å². The lowest BCUT2D eigenvalue weighted by Gasteiger charge is -2.05. The zero-order valence-corrected chi connectivity index (χ0v) is 12.3. The van der Waals surface area contributed by atoms with Gasteiger partial charge in [-0.1, -0.05) is 19.1 Å². The SMILES string of the molecule is CCCOc1cccc(-c2cc3cc(NC)cnc3[nH]2)c1. The summed E-state index contributed by atoms with van der Waals surface area (Å²) >= 11 is 0. The summed E-state index contributed by atoms with van der Waals surface area (Å²) < 4.78 is 5.69. The number of fused-ring (bicyclic) bond motifs is 1. The van der Waals surface area contributed by atoms with Crippen LogP contribution in [0.15, 0.2) is 42.6 Å². The summed E-state index contributed by atoms with van der Waals surface area (Å²) in [6.45, 7) is 2.84. The number of pyridine rings is 1. The van der Waals surface area contributed by atoms with Gasteiger partial charge in [0, 0.05) is 23.7 Å². The lowest BCUT2D eigenvalue weighted by Crippen LogP contribution is -1.94. The van der Waals surface area contributed by atoms with E-state index in [1.807, 2.05) is 25.4 Å². The summed E-state index contributed by atoms with van der Waals surface area (Å²) in [4.78, 5) is 7.77. The largest absolute Gasteiger partial charge is 0.494 e. The van der Waals surface area contributed by atoms with Crippen LogP contribution >= 0.6 is 0 Å². The molecule has 0 amide bonds. The molecule has 3 rings (SSSR count). The zero-order valence-electron chi connectivity index (χ0n) is 12.3. The number of rotatable bonds is 5. The van der Waals surface area contributed by atoms with Gasteiger partial charge in [-0.15, -0.1) is 0 Å². The van der Waals surface area contributed by atoms with E-state index in [1.54, 1.807) is 0 Å². The average Bonchev–Trinajstić information content (AvgIpc) is 2.96. The fourth-order valence-electron chi connectivity index (χ4n) is 2.28. The first-order valence-corrected chi connectivity index (χ1v) is 7.20. The van der Waals surface area contributed by atoms with Crippen molar-refractivity contribution in [2.75, 3.05) is 19.0 Å². The summed E-state index contributed by atoms with van der Waals surface area (Å²) in [5, 5.41) is 4.20. The van der Waals surface area contributed by atoms with Gasteiger partial charge in [-0.2, -0.15) is 0 Å². The van der Waals surface area contributed by atoms with Gasteiger partial charge in [0.05, 0.1) is 18.5 Å². The molecule has 4 nitrogen and oxygen atoms in total. The van der Waals surface area contributed by atoms with Crippen molar-refractivity contribution < 1.29 is 4.74 Å². The van der Waals surface area contributed by atoms with E-state index in [9.17, 15) is 0 Å². The Hall–Kier alpha value is -2.49. The Bertz CT molecular complexity index is 749. The summed E-state index contributed by atoms with van der Waals surface area (Å²) in [6.07, 6.45) is 2.83. The van der Waals surface area contributed by atoms with Gasteiger partial charge in [0.15, 0.2) is 0 Å². The second-order valence-corrected chi connectivity index (χ2v) is 4.97. The molecule has 4 heteroatoms. The van der Waals surface area contributed by atoms with Crippen LogP contribution in [0.5, 0.6) is 5.75 Å². The monoisotopic (exact) mass is 281 g/mol. The maximum atomic E-state index is 5.69. The van der Waals surface area contributed by atoms with Crippen molar-refractivity contribution in [3.8, 4) is 17.0 Å². The molecular formula is C17H19N3O. The van der Waals surface area contributed by atoms with Gasteiger partial charge in [0.25, 0.3) is 0 Å². The van der Waals surface area contributed by atoms with Crippen molar-refractivity contribution in [2.24, 2.45) is 0 Å².